The fraction of sp³-hybridized carbons (Fsp3) is 0.647. The van der Waals surface area contributed by atoms with Crippen LogP contribution < -0.4 is 5.32 Å². The Hall–Kier alpha value is -2.20. The molecule has 0 fully saturated rings. The number of hydrogen-bond donors (Lipinski definition) is 1. The van der Waals surface area contributed by atoms with E-state index in [9.17, 15) is 35.9 Å². The van der Waals surface area contributed by atoms with Gasteiger partial charge in [0.1, 0.15) is 11.4 Å². The molecule has 0 saturated carbocycles. The van der Waals surface area contributed by atoms with Crippen molar-refractivity contribution in [3.8, 4) is 0 Å². The minimum Gasteiger partial charge on any atom is -0.463 e. The molecule has 1 rings (SSSR count). The number of nitrogens with one attached hydrogen (secondary N) is 1. The normalized spacial score (nSPS) is 16.2. The van der Waals surface area contributed by atoms with E-state index in [-0.39, 0.29) is 26.1 Å². The third kappa shape index (κ3) is 5.41. The van der Waals surface area contributed by atoms with Gasteiger partial charge in [-0.1, -0.05) is 19.8 Å². The molecule has 1 aliphatic heterocycles. The topological polar surface area (TPSA) is 64.6 Å². The Kier molecular flexibility index (Phi) is 7.94. The van der Waals surface area contributed by atoms with Crippen LogP contribution in [0.2, 0.25) is 0 Å². The largest absolute Gasteiger partial charge is 0.463 e. The number of esters is 2. The molecule has 0 spiro atoms. The Labute approximate surface area is 157 Å². The van der Waals surface area contributed by atoms with E-state index in [4.69, 9.17) is 0 Å². The molecular formula is C17H21F6NO4. The Morgan fingerprint density at radius 1 is 0.857 bits per heavy atom. The number of unbranched alkanes of at least 4 members (excludes halogenated alkanes) is 1. The third-order valence-electron chi connectivity index (χ3n) is 3.89. The highest BCUT2D eigenvalue weighted by Crippen LogP contribution is 2.44. The number of allylic oxidation sites excluding steroid dienone is 2. The number of dihydropyridines is 1. The first-order valence-electron chi connectivity index (χ1n) is 8.63. The van der Waals surface area contributed by atoms with Gasteiger partial charge in [-0.25, -0.2) is 9.59 Å². The first kappa shape index (κ1) is 23.8. The molecule has 11 heteroatoms. The number of alkyl halides is 6. The van der Waals surface area contributed by atoms with Crippen molar-refractivity contribution >= 4 is 11.9 Å². The molecule has 160 valence electrons. The van der Waals surface area contributed by atoms with Crippen molar-refractivity contribution < 1.29 is 45.4 Å². The van der Waals surface area contributed by atoms with E-state index in [1.807, 2.05) is 0 Å². The van der Waals surface area contributed by atoms with Gasteiger partial charge in [-0.2, -0.15) is 26.3 Å². The van der Waals surface area contributed by atoms with Crippen LogP contribution in [0.5, 0.6) is 0 Å². The van der Waals surface area contributed by atoms with Crippen LogP contribution in [-0.4, -0.2) is 37.5 Å². The van der Waals surface area contributed by atoms with Crippen LogP contribution in [0.4, 0.5) is 26.3 Å². The van der Waals surface area contributed by atoms with Gasteiger partial charge in [-0.3, -0.25) is 0 Å². The summed E-state index contributed by atoms with van der Waals surface area (Å²) >= 11 is 0. The number of hydrogen-bond acceptors (Lipinski definition) is 5. The highest BCUT2D eigenvalue weighted by atomic mass is 19.4. The number of carbonyl (C=O) groups is 2. The van der Waals surface area contributed by atoms with Crippen molar-refractivity contribution in [2.75, 3.05) is 13.2 Å². The minimum atomic E-state index is -5.30. The SMILES string of the molecule is CCCCC1C(C(=O)OCC)=C(C(F)(F)F)NC(C(F)(F)F)=C1C(=O)OCC. The van der Waals surface area contributed by atoms with Crippen molar-refractivity contribution in [2.24, 2.45) is 5.92 Å². The van der Waals surface area contributed by atoms with Gasteiger partial charge in [0.25, 0.3) is 0 Å². The van der Waals surface area contributed by atoms with E-state index in [0.29, 0.717) is 6.42 Å². The summed E-state index contributed by atoms with van der Waals surface area (Å²) in [6.45, 7) is 3.76. The lowest BCUT2D eigenvalue weighted by Gasteiger charge is -2.33. The highest BCUT2D eigenvalue weighted by molar-refractivity contribution is 5.98. The first-order valence-corrected chi connectivity index (χ1v) is 8.63. The van der Waals surface area contributed by atoms with Gasteiger partial charge in [0, 0.05) is 5.92 Å². The molecule has 1 heterocycles. The molecule has 5 nitrogen and oxygen atoms in total. The number of halogens is 6. The zero-order chi connectivity index (χ0) is 21.7. The maximum atomic E-state index is 13.5. The lowest BCUT2D eigenvalue weighted by molar-refractivity contribution is -0.144. The summed E-state index contributed by atoms with van der Waals surface area (Å²) in [5.74, 6) is -4.65. The molecule has 0 aromatic heterocycles. The van der Waals surface area contributed by atoms with Crippen molar-refractivity contribution in [3.63, 3.8) is 0 Å². The second-order valence-electron chi connectivity index (χ2n) is 5.83. The van der Waals surface area contributed by atoms with Crippen LogP contribution in [-0.2, 0) is 19.1 Å². The second kappa shape index (κ2) is 9.33. The Morgan fingerprint density at radius 2 is 1.25 bits per heavy atom. The molecular weight excluding hydrogens is 396 g/mol. The Morgan fingerprint density at radius 3 is 1.54 bits per heavy atom. The fourth-order valence-corrected chi connectivity index (χ4v) is 2.80. The van der Waals surface area contributed by atoms with Gasteiger partial charge in [-0.15, -0.1) is 0 Å². The van der Waals surface area contributed by atoms with Crippen molar-refractivity contribution in [1.82, 2.24) is 5.32 Å². The summed E-state index contributed by atoms with van der Waals surface area (Å²) in [7, 11) is 0. The molecule has 0 bridgehead atoms. The molecule has 0 atom stereocenters. The van der Waals surface area contributed by atoms with E-state index in [2.05, 4.69) is 9.47 Å². The second-order valence-corrected chi connectivity index (χ2v) is 5.83. The summed E-state index contributed by atoms with van der Waals surface area (Å²) in [5.41, 5.74) is -5.88. The average molecular weight is 417 g/mol. The van der Waals surface area contributed by atoms with Gasteiger partial charge >= 0.3 is 24.3 Å². The lowest BCUT2D eigenvalue weighted by Crippen LogP contribution is -2.43. The Balaban J connectivity index is 3.77. The van der Waals surface area contributed by atoms with Gasteiger partial charge in [-0.05, 0) is 20.3 Å². The van der Waals surface area contributed by atoms with E-state index in [1.54, 1.807) is 6.92 Å². The Bertz CT molecular complexity index is 612. The van der Waals surface area contributed by atoms with Crippen molar-refractivity contribution in [2.45, 2.75) is 52.4 Å². The summed E-state index contributed by atoms with van der Waals surface area (Å²) in [4.78, 5) is 24.5. The summed E-state index contributed by atoms with van der Waals surface area (Å²) in [5, 5.41) is 1.23. The predicted molar refractivity (Wildman–Crippen MR) is 85.6 cm³/mol. The maximum Gasteiger partial charge on any atom is 0.431 e. The third-order valence-corrected chi connectivity index (χ3v) is 3.89. The minimum absolute atomic E-state index is 0.173. The van der Waals surface area contributed by atoms with Gasteiger partial charge in [0.05, 0.1) is 24.4 Å². The predicted octanol–water partition coefficient (Wildman–Crippen LogP) is 4.16. The van der Waals surface area contributed by atoms with Gasteiger partial charge < -0.3 is 14.8 Å². The first-order chi connectivity index (χ1) is 12.9. The van der Waals surface area contributed by atoms with Crippen LogP contribution in [0.25, 0.3) is 0 Å². The number of ether oxygens (including phenoxy) is 2. The smallest absolute Gasteiger partial charge is 0.431 e. The molecule has 1 aliphatic rings. The van der Waals surface area contributed by atoms with Crippen LogP contribution >= 0.6 is 0 Å². The fourth-order valence-electron chi connectivity index (χ4n) is 2.80. The van der Waals surface area contributed by atoms with E-state index >= 15 is 0 Å². The molecule has 1 N–H and O–H groups in total. The van der Waals surface area contributed by atoms with Crippen LogP contribution in [0.1, 0.15) is 40.0 Å². The number of rotatable bonds is 7. The van der Waals surface area contributed by atoms with Crippen molar-refractivity contribution in [3.05, 3.63) is 22.5 Å². The highest BCUT2D eigenvalue weighted by Gasteiger charge is 2.52. The summed E-state index contributed by atoms with van der Waals surface area (Å²) in [6, 6.07) is 0. The average Bonchev–Trinajstić information content (AvgIpc) is 2.57. The van der Waals surface area contributed by atoms with Gasteiger partial charge in [0.2, 0.25) is 0 Å². The standard InChI is InChI=1S/C17H21F6NO4/c1-4-7-8-9-10(14(25)27-5-2)12(16(18,19)20)24-13(17(21,22)23)11(9)15(26)28-6-3/h9,24H,4-8H2,1-3H3. The van der Waals surface area contributed by atoms with E-state index < -0.39 is 52.7 Å². The van der Waals surface area contributed by atoms with Crippen LogP contribution in [0, 0.1) is 5.92 Å². The summed E-state index contributed by atoms with van der Waals surface area (Å²) in [6.07, 6.45) is -10.3. The molecule has 0 amide bonds. The van der Waals surface area contributed by atoms with Gasteiger partial charge in [0.15, 0.2) is 0 Å². The van der Waals surface area contributed by atoms with E-state index in [1.165, 1.54) is 19.2 Å². The zero-order valence-corrected chi connectivity index (χ0v) is 15.5. The molecule has 28 heavy (non-hydrogen) atoms. The van der Waals surface area contributed by atoms with Crippen molar-refractivity contribution in [1.29, 1.82) is 0 Å². The lowest BCUT2D eigenvalue weighted by atomic mass is 9.81. The molecule has 0 aliphatic carbocycles. The van der Waals surface area contributed by atoms with E-state index in [0.717, 1.165) is 0 Å². The molecule has 0 saturated heterocycles. The van der Waals surface area contributed by atoms with Crippen LogP contribution in [0.15, 0.2) is 22.5 Å². The summed E-state index contributed by atoms with van der Waals surface area (Å²) < 4.78 is 90.2. The van der Waals surface area contributed by atoms with Crippen LogP contribution in [0.3, 0.4) is 0 Å². The maximum absolute atomic E-state index is 13.5. The molecule has 0 radical (unpaired) electrons. The number of carbonyl (C=O) groups excluding carboxylic acids is 2. The zero-order valence-electron chi connectivity index (χ0n) is 15.5. The molecule has 0 aromatic carbocycles. The monoisotopic (exact) mass is 417 g/mol. The molecule has 0 aromatic rings. The molecule has 0 unspecified atom stereocenters. The quantitative estimate of drug-likeness (QED) is 0.498.